The zero-order valence-corrected chi connectivity index (χ0v) is 10.5. The van der Waals surface area contributed by atoms with Gasteiger partial charge in [-0.25, -0.2) is 0 Å². The van der Waals surface area contributed by atoms with Gasteiger partial charge in [-0.3, -0.25) is 4.79 Å². The van der Waals surface area contributed by atoms with E-state index in [1.54, 1.807) is 13.0 Å². The van der Waals surface area contributed by atoms with Crippen molar-refractivity contribution in [3.8, 4) is 5.75 Å². The summed E-state index contributed by atoms with van der Waals surface area (Å²) in [4.78, 5) is 11.7. The highest BCUT2D eigenvalue weighted by Crippen LogP contribution is 2.20. The van der Waals surface area contributed by atoms with Crippen LogP contribution < -0.4 is 15.8 Å². The lowest BCUT2D eigenvalue weighted by Gasteiger charge is -2.14. The van der Waals surface area contributed by atoms with Gasteiger partial charge in [-0.1, -0.05) is 12.1 Å². The normalized spacial score (nSPS) is 11.6. The minimum Gasteiger partial charge on any atom is -0.434 e. The predicted molar refractivity (Wildman–Crippen MR) is 66.3 cm³/mol. The van der Waals surface area contributed by atoms with Crippen LogP contribution in [0.1, 0.15) is 17.3 Å². The Morgan fingerprint density at radius 1 is 1.44 bits per heavy atom. The summed E-state index contributed by atoms with van der Waals surface area (Å²) >= 11 is 0. The highest BCUT2D eigenvalue weighted by molar-refractivity contribution is 5.97. The molecule has 0 bridgehead atoms. The van der Waals surface area contributed by atoms with Crippen molar-refractivity contribution < 1.29 is 18.3 Å². The molecule has 18 heavy (non-hydrogen) atoms. The number of para-hydroxylation sites is 1. The third-order valence-corrected chi connectivity index (χ3v) is 2.08. The van der Waals surface area contributed by atoms with Gasteiger partial charge < -0.3 is 15.8 Å². The summed E-state index contributed by atoms with van der Waals surface area (Å²) in [6, 6.07) is 5.58. The molecule has 0 saturated heterocycles. The molecule has 0 aromatic heterocycles. The first-order chi connectivity index (χ1) is 8.04. The highest BCUT2D eigenvalue weighted by Gasteiger charge is 2.16. The van der Waals surface area contributed by atoms with E-state index in [9.17, 15) is 13.6 Å². The molecule has 0 spiro atoms. The van der Waals surface area contributed by atoms with Gasteiger partial charge in [0.25, 0.3) is 5.91 Å². The molecule has 0 radical (unpaired) electrons. The van der Waals surface area contributed by atoms with E-state index in [1.807, 2.05) is 0 Å². The summed E-state index contributed by atoms with van der Waals surface area (Å²) in [5.74, 6) is -0.636. The van der Waals surface area contributed by atoms with Gasteiger partial charge in [0.1, 0.15) is 5.75 Å². The smallest absolute Gasteiger partial charge is 0.387 e. The van der Waals surface area contributed by atoms with Crippen molar-refractivity contribution in [3.05, 3.63) is 29.8 Å². The van der Waals surface area contributed by atoms with E-state index in [4.69, 9.17) is 5.73 Å². The number of benzene rings is 1. The Morgan fingerprint density at radius 3 is 2.61 bits per heavy atom. The summed E-state index contributed by atoms with van der Waals surface area (Å²) in [5.41, 5.74) is 5.41. The van der Waals surface area contributed by atoms with Crippen LogP contribution in [0.15, 0.2) is 24.3 Å². The fourth-order valence-electron chi connectivity index (χ4n) is 1.21. The van der Waals surface area contributed by atoms with Crippen molar-refractivity contribution in [3.63, 3.8) is 0 Å². The van der Waals surface area contributed by atoms with E-state index in [0.717, 1.165) is 0 Å². The Labute approximate surface area is 110 Å². The number of carbonyl (C=O) groups excluding carboxylic acids is 1. The Balaban J connectivity index is 0.00000289. The van der Waals surface area contributed by atoms with E-state index in [1.165, 1.54) is 18.2 Å². The van der Waals surface area contributed by atoms with Crippen molar-refractivity contribution in [2.75, 3.05) is 6.54 Å². The predicted octanol–water partition coefficient (Wildman–Crippen LogP) is 1.79. The zero-order valence-electron chi connectivity index (χ0n) is 9.73. The van der Waals surface area contributed by atoms with Gasteiger partial charge in [-0.05, 0) is 19.1 Å². The van der Waals surface area contributed by atoms with Crippen LogP contribution in [-0.4, -0.2) is 25.1 Å². The molecule has 1 aromatic rings. The molecule has 4 nitrogen and oxygen atoms in total. The number of nitrogens with one attached hydrogen (secondary N) is 1. The second-order valence-corrected chi connectivity index (χ2v) is 3.48. The van der Waals surface area contributed by atoms with Crippen LogP contribution in [0.25, 0.3) is 0 Å². The van der Waals surface area contributed by atoms with Crippen LogP contribution in [0.5, 0.6) is 5.75 Å². The average Bonchev–Trinajstić information content (AvgIpc) is 2.28. The van der Waals surface area contributed by atoms with Crippen molar-refractivity contribution in [2.24, 2.45) is 5.73 Å². The molecule has 0 saturated carbocycles. The molecule has 0 aliphatic heterocycles. The minimum absolute atomic E-state index is 0. The quantitative estimate of drug-likeness (QED) is 0.864. The Bertz CT molecular complexity index is 391. The third kappa shape index (κ3) is 4.85. The standard InChI is InChI=1S/C11H14F2N2O2.ClH/c1-7(6-14)15-10(16)8-4-2-3-5-9(8)17-11(12)13;/h2-5,7,11H,6,14H2,1H3,(H,15,16);1H/t7-;/m1./s1. The lowest BCUT2D eigenvalue weighted by molar-refractivity contribution is -0.0501. The molecular formula is C11H15ClF2N2O2. The van der Waals surface area contributed by atoms with Gasteiger partial charge in [-0.2, -0.15) is 8.78 Å². The van der Waals surface area contributed by atoms with Gasteiger partial charge in [0.05, 0.1) is 5.56 Å². The molecule has 7 heteroatoms. The van der Waals surface area contributed by atoms with E-state index < -0.39 is 12.5 Å². The minimum atomic E-state index is -2.96. The van der Waals surface area contributed by atoms with Crippen LogP contribution in [0, 0.1) is 0 Å². The first-order valence-corrected chi connectivity index (χ1v) is 5.09. The molecule has 102 valence electrons. The summed E-state index contributed by atoms with van der Waals surface area (Å²) < 4.78 is 28.5. The lowest BCUT2D eigenvalue weighted by Crippen LogP contribution is -2.38. The molecule has 0 fully saturated rings. The molecule has 1 rings (SSSR count). The highest BCUT2D eigenvalue weighted by atomic mass is 35.5. The number of amides is 1. The SMILES string of the molecule is C[C@H](CN)NC(=O)c1ccccc1OC(F)F.Cl. The summed E-state index contributed by atoms with van der Waals surface area (Å²) in [5, 5.41) is 2.57. The molecule has 3 N–H and O–H groups in total. The van der Waals surface area contributed by atoms with Crippen molar-refractivity contribution in [2.45, 2.75) is 19.6 Å². The van der Waals surface area contributed by atoms with Crippen molar-refractivity contribution >= 4 is 18.3 Å². The molecule has 1 amide bonds. The van der Waals surface area contributed by atoms with Gasteiger partial charge in [0.2, 0.25) is 0 Å². The second-order valence-electron chi connectivity index (χ2n) is 3.48. The molecule has 1 aromatic carbocycles. The molecule has 0 unspecified atom stereocenters. The maximum absolute atomic E-state index is 12.1. The number of hydrogen-bond donors (Lipinski definition) is 2. The molecule has 1 atom stereocenters. The van der Waals surface area contributed by atoms with Crippen LogP contribution in [-0.2, 0) is 0 Å². The van der Waals surface area contributed by atoms with Crippen LogP contribution in [0.3, 0.4) is 0 Å². The Hall–Kier alpha value is -1.40. The van der Waals surface area contributed by atoms with E-state index >= 15 is 0 Å². The van der Waals surface area contributed by atoms with Crippen LogP contribution in [0.4, 0.5) is 8.78 Å². The number of alkyl halides is 2. The van der Waals surface area contributed by atoms with Gasteiger partial charge in [0, 0.05) is 12.6 Å². The topological polar surface area (TPSA) is 64.3 Å². The first-order valence-electron chi connectivity index (χ1n) is 5.09. The van der Waals surface area contributed by atoms with Gasteiger partial charge in [0.15, 0.2) is 0 Å². The molecule has 0 aliphatic carbocycles. The monoisotopic (exact) mass is 280 g/mol. The van der Waals surface area contributed by atoms with Crippen molar-refractivity contribution in [1.29, 1.82) is 0 Å². The lowest BCUT2D eigenvalue weighted by atomic mass is 10.1. The third-order valence-electron chi connectivity index (χ3n) is 2.08. The maximum Gasteiger partial charge on any atom is 0.387 e. The number of hydrogen-bond acceptors (Lipinski definition) is 3. The summed E-state index contributed by atoms with van der Waals surface area (Å²) in [6.45, 7) is -0.978. The van der Waals surface area contributed by atoms with Crippen LogP contribution in [0.2, 0.25) is 0 Å². The zero-order chi connectivity index (χ0) is 12.8. The second kappa shape index (κ2) is 7.84. The van der Waals surface area contributed by atoms with E-state index in [0.29, 0.717) is 0 Å². The molecule has 0 heterocycles. The largest absolute Gasteiger partial charge is 0.434 e. The summed E-state index contributed by atoms with van der Waals surface area (Å²) in [6.07, 6.45) is 0. The van der Waals surface area contributed by atoms with Crippen LogP contribution >= 0.6 is 12.4 Å². The number of halogens is 3. The average molecular weight is 281 g/mol. The number of carbonyl (C=O) groups is 1. The van der Waals surface area contributed by atoms with E-state index in [2.05, 4.69) is 10.1 Å². The first kappa shape index (κ1) is 16.6. The van der Waals surface area contributed by atoms with Crippen molar-refractivity contribution in [1.82, 2.24) is 5.32 Å². The fraction of sp³-hybridized carbons (Fsp3) is 0.364. The van der Waals surface area contributed by atoms with Gasteiger partial charge >= 0.3 is 6.61 Å². The number of ether oxygens (including phenoxy) is 1. The maximum atomic E-state index is 12.1. The Kier molecular flexibility index (Phi) is 7.23. The van der Waals surface area contributed by atoms with Gasteiger partial charge in [-0.15, -0.1) is 12.4 Å². The molecule has 0 aliphatic rings. The number of rotatable bonds is 5. The summed E-state index contributed by atoms with van der Waals surface area (Å²) in [7, 11) is 0. The van der Waals surface area contributed by atoms with E-state index in [-0.39, 0.29) is 36.3 Å². The number of nitrogens with two attached hydrogens (primary N) is 1. The Morgan fingerprint density at radius 2 is 2.06 bits per heavy atom. The fourth-order valence-corrected chi connectivity index (χ4v) is 1.21. The molecular weight excluding hydrogens is 266 g/mol.